The molecule has 0 aliphatic heterocycles. The van der Waals surface area contributed by atoms with E-state index < -0.39 is 5.92 Å². The fraction of sp³-hybridized carbons (Fsp3) is 0.714. The summed E-state index contributed by atoms with van der Waals surface area (Å²) in [5.74, 6) is -0.820. The summed E-state index contributed by atoms with van der Waals surface area (Å²) in [7, 11) is 1.34. The Morgan fingerprint density at radius 2 is 2.00 bits per heavy atom. The van der Waals surface area contributed by atoms with Gasteiger partial charge in [0, 0.05) is 5.92 Å². The average molecular weight is 238 g/mol. The van der Waals surface area contributed by atoms with E-state index in [-0.39, 0.29) is 17.7 Å². The highest BCUT2D eigenvalue weighted by molar-refractivity contribution is 6.00. The summed E-state index contributed by atoms with van der Waals surface area (Å²) in [4.78, 5) is 23.9. The number of esters is 1. The number of carbonyl (C=O) groups excluding carboxylic acids is 2. The van der Waals surface area contributed by atoms with E-state index in [0.717, 1.165) is 25.7 Å². The third kappa shape index (κ3) is 3.99. The molecule has 1 aliphatic carbocycles. The lowest BCUT2D eigenvalue weighted by Gasteiger charge is -2.23. The van der Waals surface area contributed by atoms with E-state index in [1.807, 2.05) is 0 Å². The quantitative estimate of drug-likeness (QED) is 0.406. The minimum absolute atomic E-state index is 0.0673. The van der Waals surface area contributed by atoms with Gasteiger partial charge in [0.25, 0.3) is 0 Å². The average Bonchev–Trinajstić information content (AvgIpc) is 2.39. The number of hydrogen-bond donors (Lipinski definition) is 0. The summed E-state index contributed by atoms with van der Waals surface area (Å²) in [6, 6.07) is 0. The van der Waals surface area contributed by atoms with Crippen molar-refractivity contribution < 1.29 is 14.3 Å². The van der Waals surface area contributed by atoms with E-state index in [0.29, 0.717) is 12.8 Å². The zero-order valence-electron chi connectivity index (χ0n) is 10.6. The van der Waals surface area contributed by atoms with E-state index in [2.05, 4.69) is 6.58 Å². The van der Waals surface area contributed by atoms with Gasteiger partial charge in [-0.3, -0.25) is 9.59 Å². The Morgan fingerprint density at radius 1 is 1.35 bits per heavy atom. The Morgan fingerprint density at radius 3 is 2.53 bits per heavy atom. The number of allylic oxidation sites excluding steroid dienone is 1. The fourth-order valence-electron chi connectivity index (χ4n) is 2.47. The molecular weight excluding hydrogens is 216 g/mol. The lowest BCUT2D eigenvalue weighted by Crippen LogP contribution is -2.31. The van der Waals surface area contributed by atoms with E-state index in [9.17, 15) is 9.59 Å². The maximum atomic E-state index is 12.3. The molecule has 0 heterocycles. The molecule has 0 saturated heterocycles. The summed E-state index contributed by atoms with van der Waals surface area (Å²) in [6.07, 6.45) is 8.23. The molecule has 1 aliphatic rings. The monoisotopic (exact) mass is 238 g/mol. The summed E-state index contributed by atoms with van der Waals surface area (Å²) in [5, 5.41) is 0. The lowest BCUT2D eigenvalue weighted by molar-refractivity contribution is -0.151. The van der Waals surface area contributed by atoms with Gasteiger partial charge in [0.15, 0.2) is 0 Å². The molecule has 0 aromatic rings. The Hall–Kier alpha value is -1.12. The molecule has 3 heteroatoms. The Bertz CT molecular complexity index is 277. The van der Waals surface area contributed by atoms with Crippen molar-refractivity contribution in [2.75, 3.05) is 7.11 Å². The zero-order valence-corrected chi connectivity index (χ0v) is 10.6. The molecule has 96 valence electrons. The van der Waals surface area contributed by atoms with Gasteiger partial charge in [-0.1, -0.05) is 25.3 Å². The predicted octanol–water partition coefficient (Wildman–Crippen LogP) is 2.89. The van der Waals surface area contributed by atoms with Crippen LogP contribution in [-0.2, 0) is 14.3 Å². The van der Waals surface area contributed by atoms with Crippen LogP contribution in [0.5, 0.6) is 0 Å². The van der Waals surface area contributed by atoms with Crippen LogP contribution in [0.2, 0.25) is 0 Å². The number of methoxy groups -OCH3 is 1. The van der Waals surface area contributed by atoms with Gasteiger partial charge in [-0.25, -0.2) is 0 Å². The van der Waals surface area contributed by atoms with Crippen LogP contribution in [0.25, 0.3) is 0 Å². The van der Waals surface area contributed by atoms with Gasteiger partial charge in [-0.2, -0.15) is 0 Å². The molecule has 0 aromatic carbocycles. The molecule has 1 saturated carbocycles. The standard InChI is InChI=1S/C14H22O3/c1-3-4-10-12(14(16)17-2)13(15)11-8-6-5-7-9-11/h3,11-12H,1,4-10H2,2H3. The van der Waals surface area contributed by atoms with Crippen molar-refractivity contribution in [3.8, 4) is 0 Å². The molecule has 1 fully saturated rings. The summed E-state index contributed by atoms with van der Waals surface area (Å²) in [5.41, 5.74) is 0. The Labute approximate surface area is 103 Å². The largest absolute Gasteiger partial charge is 0.468 e. The third-order valence-electron chi connectivity index (χ3n) is 3.50. The van der Waals surface area contributed by atoms with Crippen molar-refractivity contribution in [1.29, 1.82) is 0 Å². The first-order chi connectivity index (χ1) is 8.20. The fourth-order valence-corrected chi connectivity index (χ4v) is 2.47. The van der Waals surface area contributed by atoms with Crippen LogP contribution in [0, 0.1) is 11.8 Å². The van der Waals surface area contributed by atoms with Gasteiger partial charge in [-0.15, -0.1) is 6.58 Å². The van der Waals surface area contributed by atoms with Gasteiger partial charge in [0.05, 0.1) is 7.11 Å². The normalized spacial score (nSPS) is 18.4. The van der Waals surface area contributed by atoms with Gasteiger partial charge in [-0.05, 0) is 25.7 Å². The van der Waals surface area contributed by atoms with E-state index in [1.165, 1.54) is 13.5 Å². The third-order valence-corrected chi connectivity index (χ3v) is 3.50. The van der Waals surface area contributed by atoms with Crippen molar-refractivity contribution in [2.24, 2.45) is 11.8 Å². The van der Waals surface area contributed by atoms with Gasteiger partial charge in [0.2, 0.25) is 0 Å². The molecule has 0 spiro atoms. The van der Waals surface area contributed by atoms with Crippen LogP contribution >= 0.6 is 0 Å². The molecule has 0 bridgehead atoms. The van der Waals surface area contributed by atoms with Crippen molar-refractivity contribution in [1.82, 2.24) is 0 Å². The molecule has 1 rings (SSSR count). The second kappa shape index (κ2) is 7.25. The van der Waals surface area contributed by atoms with Crippen LogP contribution in [0.1, 0.15) is 44.9 Å². The Kier molecular flexibility index (Phi) is 5.95. The maximum Gasteiger partial charge on any atom is 0.316 e. The SMILES string of the molecule is C=CCCC(C(=O)OC)C(=O)C1CCCCC1. The number of hydrogen-bond acceptors (Lipinski definition) is 3. The van der Waals surface area contributed by atoms with Gasteiger partial charge in [0.1, 0.15) is 11.7 Å². The van der Waals surface area contributed by atoms with Crippen LogP contribution in [0.15, 0.2) is 12.7 Å². The van der Waals surface area contributed by atoms with E-state index in [1.54, 1.807) is 6.08 Å². The van der Waals surface area contributed by atoms with Crippen LogP contribution in [0.4, 0.5) is 0 Å². The van der Waals surface area contributed by atoms with Crippen molar-refractivity contribution in [3.63, 3.8) is 0 Å². The maximum absolute atomic E-state index is 12.3. The van der Waals surface area contributed by atoms with E-state index >= 15 is 0 Å². The first-order valence-electron chi connectivity index (χ1n) is 6.43. The first-order valence-corrected chi connectivity index (χ1v) is 6.43. The van der Waals surface area contributed by atoms with Crippen LogP contribution in [0.3, 0.4) is 0 Å². The van der Waals surface area contributed by atoms with Gasteiger partial charge >= 0.3 is 5.97 Å². The van der Waals surface area contributed by atoms with E-state index in [4.69, 9.17) is 4.74 Å². The molecule has 0 aromatic heterocycles. The zero-order chi connectivity index (χ0) is 12.7. The molecule has 1 unspecified atom stereocenters. The number of carbonyl (C=O) groups is 2. The van der Waals surface area contributed by atoms with Gasteiger partial charge < -0.3 is 4.74 Å². The summed E-state index contributed by atoms with van der Waals surface area (Å²) < 4.78 is 4.73. The molecule has 0 radical (unpaired) electrons. The molecule has 0 amide bonds. The second-order valence-corrected chi connectivity index (χ2v) is 4.68. The Balaban J connectivity index is 2.63. The van der Waals surface area contributed by atoms with Crippen molar-refractivity contribution >= 4 is 11.8 Å². The topological polar surface area (TPSA) is 43.4 Å². The highest BCUT2D eigenvalue weighted by Crippen LogP contribution is 2.28. The summed E-state index contributed by atoms with van der Waals surface area (Å²) >= 11 is 0. The van der Waals surface area contributed by atoms with Crippen LogP contribution < -0.4 is 0 Å². The highest BCUT2D eigenvalue weighted by Gasteiger charge is 2.32. The summed E-state index contributed by atoms with van der Waals surface area (Å²) in [6.45, 7) is 3.63. The van der Waals surface area contributed by atoms with Crippen LogP contribution in [-0.4, -0.2) is 18.9 Å². The number of Topliss-reactive ketones (excluding diaryl/α,β-unsaturated/α-hetero) is 1. The van der Waals surface area contributed by atoms with Crippen molar-refractivity contribution in [2.45, 2.75) is 44.9 Å². The molecule has 3 nitrogen and oxygen atoms in total. The molecule has 17 heavy (non-hydrogen) atoms. The molecule has 0 N–H and O–H groups in total. The number of ketones is 1. The number of rotatable bonds is 6. The highest BCUT2D eigenvalue weighted by atomic mass is 16.5. The minimum Gasteiger partial charge on any atom is -0.468 e. The lowest BCUT2D eigenvalue weighted by atomic mass is 9.80. The molecule has 1 atom stereocenters. The minimum atomic E-state index is -0.582. The first kappa shape index (κ1) is 13.9. The predicted molar refractivity (Wildman–Crippen MR) is 66.5 cm³/mol. The van der Waals surface area contributed by atoms with Crippen molar-refractivity contribution in [3.05, 3.63) is 12.7 Å². The smallest absolute Gasteiger partial charge is 0.316 e. The second-order valence-electron chi connectivity index (χ2n) is 4.68. The number of ether oxygens (including phenoxy) is 1. The molecular formula is C14H22O3.